The van der Waals surface area contributed by atoms with E-state index in [9.17, 15) is 18.0 Å². The van der Waals surface area contributed by atoms with Crippen molar-refractivity contribution in [3.05, 3.63) is 71.0 Å². The van der Waals surface area contributed by atoms with Crippen molar-refractivity contribution in [3.63, 3.8) is 0 Å². The Morgan fingerprint density at radius 2 is 1.79 bits per heavy atom. The van der Waals surface area contributed by atoms with E-state index in [-0.39, 0.29) is 25.0 Å². The molecule has 0 aromatic heterocycles. The Morgan fingerprint density at radius 1 is 1.12 bits per heavy atom. The van der Waals surface area contributed by atoms with E-state index in [0.29, 0.717) is 0 Å². The zero-order chi connectivity index (χ0) is 17.4. The van der Waals surface area contributed by atoms with Gasteiger partial charge in [-0.2, -0.15) is 8.78 Å². The third-order valence-electron chi connectivity index (χ3n) is 4.35. The van der Waals surface area contributed by atoms with E-state index in [1.807, 2.05) is 6.07 Å². The first-order valence-electron chi connectivity index (χ1n) is 7.73. The van der Waals surface area contributed by atoms with Gasteiger partial charge in [-0.1, -0.05) is 36.4 Å². The smallest absolute Gasteiger partial charge is 0.304 e. The Balaban J connectivity index is 1.87. The van der Waals surface area contributed by atoms with Crippen molar-refractivity contribution in [1.82, 2.24) is 0 Å². The lowest BCUT2D eigenvalue weighted by atomic mass is 9.97. The molecule has 0 spiro atoms. The fraction of sp³-hybridized carbons (Fsp3) is 0.316. The van der Waals surface area contributed by atoms with E-state index < -0.39 is 28.7 Å². The molecule has 1 aliphatic carbocycles. The minimum absolute atomic E-state index is 0.0322. The predicted octanol–water partition coefficient (Wildman–Crippen LogP) is 4.87. The molecule has 1 aliphatic rings. The summed E-state index contributed by atoms with van der Waals surface area (Å²) in [4.78, 5) is 11.4. The fourth-order valence-electron chi connectivity index (χ4n) is 2.75. The van der Waals surface area contributed by atoms with Gasteiger partial charge in [-0.15, -0.1) is 0 Å². The van der Waals surface area contributed by atoms with Gasteiger partial charge in [0.1, 0.15) is 11.4 Å². The molecule has 0 heterocycles. The average molecular weight is 334 g/mol. The second-order valence-corrected chi connectivity index (χ2v) is 6.07. The maximum Gasteiger partial charge on any atom is 0.304 e. The number of carbonyl (C=O) groups excluding carboxylic acids is 1. The van der Waals surface area contributed by atoms with Gasteiger partial charge < -0.3 is 4.74 Å². The molecular weight excluding hydrogens is 317 g/mol. The Kier molecular flexibility index (Phi) is 4.22. The van der Waals surface area contributed by atoms with E-state index in [1.54, 1.807) is 24.3 Å². The maximum atomic E-state index is 14.9. The molecule has 3 rings (SSSR count). The summed E-state index contributed by atoms with van der Waals surface area (Å²) in [6.07, 6.45) is 0.299. The number of hydrogen-bond acceptors (Lipinski definition) is 2. The zero-order valence-corrected chi connectivity index (χ0v) is 13.2. The lowest BCUT2D eigenvalue weighted by Gasteiger charge is -2.28. The summed E-state index contributed by atoms with van der Waals surface area (Å²) >= 11 is 0. The molecule has 0 radical (unpaired) electrons. The number of benzene rings is 2. The normalized spacial score (nSPS) is 16.0. The average Bonchev–Trinajstić information content (AvgIpc) is 3.35. The maximum absolute atomic E-state index is 14.9. The molecule has 0 N–H and O–H groups in total. The van der Waals surface area contributed by atoms with E-state index in [1.165, 1.54) is 12.1 Å². The van der Waals surface area contributed by atoms with Crippen molar-refractivity contribution >= 4 is 5.78 Å². The van der Waals surface area contributed by atoms with Gasteiger partial charge in [-0.3, -0.25) is 4.79 Å². The molecule has 2 nitrogen and oxygen atoms in total. The van der Waals surface area contributed by atoms with E-state index in [2.05, 4.69) is 0 Å². The van der Waals surface area contributed by atoms with Gasteiger partial charge in [0.2, 0.25) is 0 Å². The Morgan fingerprint density at radius 3 is 2.38 bits per heavy atom. The van der Waals surface area contributed by atoms with Crippen molar-refractivity contribution in [3.8, 4) is 0 Å². The van der Waals surface area contributed by atoms with Crippen LogP contribution in [0.1, 0.15) is 41.3 Å². The summed E-state index contributed by atoms with van der Waals surface area (Å²) in [6, 6.07) is 12.5. The first kappa shape index (κ1) is 16.7. The highest BCUT2D eigenvalue weighted by Crippen LogP contribution is 2.57. The number of hydrogen-bond donors (Lipinski definition) is 0. The summed E-state index contributed by atoms with van der Waals surface area (Å²) in [6.45, 7) is 1.18. The highest BCUT2D eigenvalue weighted by atomic mass is 19.3. The second-order valence-electron chi connectivity index (χ2n) is 6.07. The standard InChI is InChI=1S/C19H17F3O2/c1-13(23)15-8-5-9-16(17(15)20)19(21,22)18(10-11-18)24-12-14-6-3-2-4-7-14/h2-9H,10-12H2,1H3. The van der Waals surface area contributed by atoms with Crippen LogP contribution >= 0.6 is 0 Å². The van der Waals surface area contributed by atoms with Gasteiger partial charge in [-0.25, -0.2) is 4.39 Å². The van der Waals surface area contributed by atoms with Gasteiger partial charge in [0.15, 0.2) is 5.78 Å². The summed E-state index contributed by atoms with van der Waals surface area (Å²) in [5, 5.41) is 0. The molecule has 2 aromatic carbocycles. The van der Waals surface area contributed by atoms with Crippen LogP contribution in [0.3, 0.4) is 0 Å². The van der Waals surface area contributed by atoms with Crippen LogP contribution in [0, 0.1) is 5.82 Å². The molecule has 5 heteroatoms. The van der Waals surface area contributed by atoms with Crippen molar-refractivity contribution < 1.29 is 22.7 Å². The fourth-order valence-corrected chi connectivity index (χ4v) is 2.75. The number of ether oxygens (including phenoxy) is 1. The third kappa shape index (κ3) is 2.84. The number of ketones is 1. The van der Waals surface area contributed by atoms with Crippen molar-refractivity contribution in [2.24, 2.45) is 0 Å². The molecule has 0 saturated heterocycles. The summed E-state index contributed by atoms with van der Waals surface area (Å²) in [5.41, 5.74) is -2.04. The molecule has 0 bridgehead atoms. The first-order valence-corrected chi connectivity index (χ1v) is 7.73. The largest absolute Gasteiger partial charge is 0.364 e. The molecule has 1 fully saturated rings. The lowest BCUT2D eigenvalue weighted by molar-refractivity contribution is -0.169. The van der Waals surface area contributed by atoms with Crippen LogP contribution in [0.25, 0.3) is 0 Å². The summed E-state index contributed by atoms with van der Waals surface area (Å²) in [5.74, 6) is -5.25. The second kappa shape index (κ2) is 6.06. The SMILES string of the molecule is CC(=O)c1cccc(C(F)(F)C2(OCc3ccccc3)CC2)c1F. The minimum atomic E-state index is -3.50. The van der Waals surface area contributed by atoms with Crippen LogP contribution in [-0.4, -0.2) is 11.4 Å². The molecular formula is C19H17F3O2. The minimum Gasteiger partial charge on any atom is -0.364 e. The van der Waals surface area contributed by atoms with Crippen LogP contribution in [0.2, 0.25) is 0 Å². The molecule has 0 atom stereocenters. The highest BCUT2D eigenvalue weighted by molar-refractivity contribution is 5.94. The Bertz CT molecular complexity index is 752. The van der Waals surface area contributed by atoms with Crippen LogP contribution in [0.4, 0.5) is 13.2 Å². The monoisotopic (exact) mass is 334 g/mol. The van der Waals surface area contributed by atoms with Crippen LogP contribution in [0.15, 0.2) is 48.5 Å². The molecule has 24 heavy (non-hydrogen) atoms. The van der Waals surface area contributed by atoms with Gasteiger partial charge >= 0.3 is 5.92 Å². The van der Waals surface area contributed by atoms with E-state index >= 15 is 0 Å². The van der Waals surface area contributed by atoms with Gasteiger partial charge in [0.05, 0.1) is 17.7 Å². The number of carbonyl (C=O) groups is 1. The molecule has 2 aromatic rings. The Hall–Kier alpha value is -2.14. The summed E-state index contributed by atoms with van der Waals surface area (Å²) < 4.78 is 49.7. The number of Topliss-reactive ketones (excluding diaryl/α,β-unsaturated/α-hetero) is 1. The van der Waals surface area contributed by atoms with Crippen LogP contribution < -0.4 is 0 Å². The van der Waals surface area contributed by atoms with Crippen molar-refractivity contribution in [2.75, 3.05) is 0 Å². The molecule has 1 saturated carbocycles. The number of rotatable bonds is 6. The number of alkyl halides is 2. The van der Waals surface area contributed by atoms with Crippen LogP contribution in [0.5, 0.6) is 0 Å². The van der Waals surface area contributed by atoms with E-state index in [0.717, 1.165) is 18.6 Å². The molecule has 0 aliphatic heterocycles. The van der Waals surface area contributed by atoms with Gasteiger partial charge in [0, 0.05) is 0 Å². The topological polar surface area (TPSA) is 26.3 Å². The van der Waals surface area contributed by atoms with Gasteiger partial charge in [-0.05, 0) is 37.5 Å². The van der Waals surface area contributed by atoms with Crippen molar-refractivity contribution in [1.29, 1.82) is 0 Å². The Labute approximate surface area is 138 Å². The molecule has 0 unspecified atom stereocenters. The first-order chi connectivity index (χ1) is 11.4. The summed E-state index contributed by atoms with van der Waals surface area (Å²) in [7, 11) is 0. The number of halogens is 3. The highest BCUT2D eigenvalue weighted by Gasteiger charge is 2.65. The van der Waals surface area contributed by atoms with Crippen molar-refractivity contribution in [2.45, 2.75) is 37.9 Å². The molecule has 126 valence electrons. The van der Waals surface area contributed by atoms with Gasteiger partial charge in [0.25, 0.3) is 0 Å². The quantitative estimate of drug-likeness (QED) is 0.705. The van der Waals surface area contributed by atoms with Crippen LogP contribution in [-0.2, 0) is 17.3 Å². The van der Waals surface area contributed by atoms with E-state index in [4.69, 9.17) is 4.74 Å². The third-order valence-corrected chi connectivity index (χ3v) is 4.35. The predicted molar refractivity (Wildman–Crippen MR) is 83.5 cm³/mol. The lowest BCUT2D eigenvalue weighted by Crippen LogP contribution is -2.37. The zero-order valence-electron chi connectivity index (χ0n) is 13.2. The molecule has 0 amide bonds.